The van der Waals surface area contributed by atoms with Gasteiger partial charge in [0.2, 0.25) is 0 Å². The Bertz CT molecular complexity index is 861. The highest BCUT2D eigenvalue weighted by atomic mass is 32.2. The van der Waals surface area contributed by atoms with E-state index in [4.69, 9.17) is 4.52 Å². The number of hydrogen-bond donors (Lipinski definition) is 0. The molecule has 2 aromatic carbocycles. The fourth-order valence-electron chi connectivity index (χ4n) is 2.16. The van der Waals surface area contributed by atoms with Gasteiger partial charge in [-0.3, -0.25) is 0 Å². The second-order valence-corrected chi connectivity index (χ2v) is 7.02. The monoisotopic (exact) mass is 330 g/mol. The second-order valence-electron chi connectivity index (χ2n) is 5.32. The zero-order valence-electron chi connectivity index (χ0n) is 12.7. The summed E-state index contributed by atoms with van der Waals surface area (Å²) in [5, 5.41) is 4.72. The fraction of sp³-hybridized carbons (Fsp3) is 0.176. The van der Waals surface area contributed by atoms with Gasteiger partial charge in [-0.2, -0.15) is 0 Å². The zero-order chi connectivity index (χ0) is 16.4. The van der Waals surface area contributed by atoms with E-state index in [2.05, 4.69) is 9.55 Å². The van der Waals surface area contributed by atoms with E-state index >= 15 is 0 Å². The highest BCUT2D eigenvalue weighted by Gasteiger charge is 2.15. The second kappa shape index (κ2) is 6.52. The molecule has 3 aromatic rings. The van der Waals surface area contributed by atoms with Crippen LogP contribution in [0.1, 0.15) is 19.4 Å². The molecule has 0 amide bonds. The maximum Gasteiger partial charge on any atom is 0.170 e. The molecule has 0 saturated carbocycles. The smallest absolute Gasteiger partial charge is 0.170 e. The first kappa shape index (κ1) is 15.7. The average molecular weight is 330 g/mol. The predicted octanol–water partition coefficient (Wildman–Crippen LogP) is 4.12. The van der Waals surface area contributed by atoms with E-state index in [0.717, 1.165) is 16.5 Å². The summed E-state index contributed by atoms with van der Waals surface area (Å²) in [6.45, 7) is 3.69. The molecule has 0 radical (unpaired) electrons. The molecule has 0 fully saturated rings. The first-order chi connectivity index (χ1) is 11.1. The van der Waals surface area contributed by atoms with Crippen molar-refractivity contribution in [2.75, 3.05) is 0 Å². The first-order valence-electron chi connectivity index (χ1n) is 7.15. The summed E-state index contributed by atoms with van der Waals surface area (Å²) in [6, 6.07) is 11.8. The molecule has 3 rings (SSSR count). The topological polar surface area (TPSA) is 61.5 Å². The maximum atomic E-state index is 13.3. The van der Waals surface area contributed by atoms with Gasteiger partial charge in [-0.1, -0.05) is 33.8 Å². The van der Waals surface area contributed by atoms with Crippen LogP contribution in [0.5, 0.6) is 0 Å². The molecule has 0 bridgehead atoms. The normalized spacial score (nSPS) is 13.3. The molecule has 23 heavy (non-hydrogen) atoms. The van der Waals surface area contributed by atoms with Crippen molar-refractivity contribution in [2.45, 2.75) is 19.1 Å². The van der Waals surface area contributed by atoms with Gasteiger partial charge in [0.25, 0.3) is 0 Å². The number of hydrogen-bond acceptors (Lipinski definition) is 4. The minimum atomic E-state index is -1.28. The van der Waals surface area contributed by atoms with Crippen molar-refractivity contribution in [3.8, 4) is 11.3 Å². The Morgan fingerprint density at radius 2 is 2.04 bits per heavy atom. The Balaban J connectivity index is 2.06. The summed E-state index contributed by atoms with van der Waals surface area (Å²) in [7, 11) is 0. The van der Waals surface area contributed by atoms with E-state index in [1.807, 2.05) is 38.1 Å². The van der Waals surface area contributed by atoms with Crippen molar-refractivity contribution in [3.63, 3.8) is 0 Å². The van der Waals surface area contributed by atoms with Crippen LogP contribution in [0.4, 0.5) is 4.39 Å². The van der Waals surface area contributed by atoms with Gasteiger partial charge in [-0.05, 0) is 26.0 Å². The summed E-state index contributed by atoms with van der Waals surface area (Å²) in [6.07, 6.45) is 1.58. The van der Waals surface area contributed by atoms with Crippen LogP contribution in [-0.2, 0) is 11.4 Å². The molecule has 118 valence electrons. The average Bonchev–Trinajstić information content (AvgIpc) is 2.95. The SMILES string of the molecule is CC(C)[S@+]([O-])N=Cc1ccccc1-c1noc2cc(F)ccc12. The molecule has 0 aliphatic rings. The van der Waals surface area contributed by atoms with Gasteiger partial charge in [-0.15, -0.1) is 0 Å². The molecule has 6 heteroatoms. The lowest BCUT2D eigenvalue weighted by Crippen LogP contribution is -2.10. The Hall–Kier alpha value is -2.18. The van der Waals surface area contributed by atoms with Crippen LogP contribution in [-0.4, -0.2) is 21.2 Å². The quantitative estimate of drug-likeness (QED) is 0.534. The van der Waals surface area contributed by atoms with Crippen molar-refractivity contribution in [2.24, 2.45) is 4.40 Å². The van der Waals surface area contributed by atoms with Crippen LogP contribution in [0.3, 0.4) is 0 Å². The number of benzene rings is 2. The molecule has 1 heterocycles. The van der Waals surface area contributed by atoms with E-state index in [1.54, 1.807) is 12.3 Å². The molecule has 0 aliphatic carbocycles. The van der Waals surface area contributed by atoms with Gasteiger partial charge in [0.05, 0.1) is 17.6 Å². The lowest BCUT2D eigenvalue weighted by Gasteiger charge is -2.07. The minimum Gasteiger partial charge on any atom is -0.591 e. The number of rotatable bonds is 4. The van der Waals surface area contributed by atoms with Crippen LogP contribution in [0.25, 0.3) is 22.2 Å². The van der Waals surface area contributed by atoms with Crippen LogP contribution in [0.15, 0.2) is 51.4 Å². The van der Waals surface area contributed by atoms with Crippen molar-refractivity contribution in [3.05, 3.63) is 53.8 Å². The van der Waals surface area contributed by atoms with E-state index < -0.39 is 11.4 Å². The van der Waals surface area contributed by atoms with Gasteiger partial charge in [0.1, 0.15) is 16.8 Å². The Labute approximate surface area is 136 Å². The number of aromatic nitrogens is 1. The number of fused-ring (bicyclic) bond motifs is 1. The van der Waals surface area contributed by atoms with Crippen LogP contribution < -0.4 is 0 Å². The summed E-state index contributed by atoms with van der Waals surface area (Å²) in [4.78, 5) is 0. The molecule has 0 aliphatic heterocycles. The lowest BCUT2D eigenvalue weighted by atomic mass is 10.0. The summed E-state index contributed by atoms with van der Waals surface area (Å²) < 4.78 is 34.4. The zero-order valence-corrected chi connectivity index (χ0v) is 13.5. The first-order valence-corrected chi connectivity index (χ1v) is 8.32. The van der Waals surface area contributed by atoms with E-state index in [0.29, 0.717) is 11.3 Å². The number of nitrogens with zero attached hydrogens (tertiary/aromatic N) is 2. The van der Waals surface area contributed by atoms with Crippen molar-refractivity contribution in [1.29, 1.82) is 0 Å². The van der Waals surface area contributed by atoms with Crippen molar-refractivity contribution in [1.82, 2.24) is 5.16 Å². The van der Waals surface area contributed by atoms with Crippen LogP contribution in [0.2, 0.25) is 0 Å². The van der Waals surface area contributed by atoms with Crippen molar-refractivity contribution < 1.29 is 13.5 Å². The molecular formula is C17H15FN2O2S. The van der Waals surface area contributed by atoms with Gasteiger partial charge >= 0.3 is 0 Å². The third kappa shape index (κ3) is 3.28. The lowest BCUT2D eigenvalue weighted by molar-refractivity contribution is 0.457. The van der Waals surface area contributed by atoms with E-state index in [1.165, 1.54) is 12.1 Å². The van der Waals surface area contributed by atoms with Gasteiger partial charge in [0.15, 0.2) is 5.58 Å². The highest BCUT2D eigenvalue weighted by molar-refractivity contribution is 7.90. The van der Waals surface area contributed by atoms with Crippen molar-refractivity contribution >= 4 is 28.5 Å². The molecule has 0 N–H and O–H groups in total. The summed E-state index contributed by atoms with van der Waals surface area (Å²) in [5.74, 6) is -0.373. The standard InChI is InChI=1S/C17H15FN2O2S/c1-11(2)23(21)19-10-12-5-3-4-6-14(12)17-15-8-7-13(18)9-16(15)22-20-17/h3-11H,1-2H3/t23-/m0/s1. The van der Waals surface area contributed by atoms with Gasteiger partial charge in [-0.25, -0.2) is 4.39 Å². The molecule has 0 saturated heterocycles. The Kier molecular flexibility index (Phi) is 4.45. The third-order valence-electron chi connectivity index (χ3n) is 3.35. The predicted molar refractivity (Wildman–Crippen MR) is 90.3 cm³/mol. The third-order valence-corrected chi connectivity index (χ3v) is 4.47. The van der Waals surface area contributed by atoms with Crippen LogP contribution in [0, 0.1) is 5.82 Å². The van der Waals surface area contributed by atoms with E-state index in [9.17, 15) is 8.94 Å². The number of halogens is 1. The fourth-order valence-corrected chi connectivity index (χ4v) is 2.62. The largest absolute Gasteiger partial charge is 0.591 e. The molecule has 1 atom stereocenters. The maximum absolute atomic E-state index is 13.3. The summed E-state index contributed by atoms with van der Waals surface area (Å²) >= 11 is -1.28. The van der Waals surface area contributed by atoms with Gasteiger partial charge < -0.3 is 9.08 Å². The van der Waals surface area contributed by atoms with Gasteiger partial charge in [0, 0.05) is 22.6 Å². The van der Waals surface area contributed by atoms with Crippen LogP contribution >= 0.6 is 0 Å². The minimum absolute atomic E-state index is 0.0470. The molecule has 0 unspecified atom stereocenters. The summed E-state index contributed by atoms with van der Waals surface area (Å²) in [5.41, 5.74) is 2.57. The van der Waals surface area contributed by atoms with E-state index in [-0.39, 0.29) is 11.1 Å². The Morgan fingerprint density at radius 3 is 2.83 bits per heavy atom. The molecule has 1 aromatic heterocycles. The highest BCUT2D eigenvalue weighted by Crippen LogP contribution is 2.30. The molecular weight excluding hydrogens is 315 g/mol. The molecule has 0 spiro atoms. The Morgan fingerprint density at radius 1 is 1.26 bits per heavy atom. The molecule has 4 nitrogen and oxygen atoms in total.